The Labute approximate surface area is 105 Å². The molecule has 1 heterocycles. The highest BCUT2D eigenvalue weighted by molar-refractivity contribution is 7.80. The highest BCUT2D eigenvalue weighted by atomic mass is 32.1. The van der Waals surface area contributed by atoms with Crippen molar-refractivity contribution in [3.05, 3.63) is 0 Å². The van der Waals surface area contributed by atoms with E-state index in [1.165, 1.54) is 4.90 Å². The summed E-state index contributed by atoms with van der Waals surface area (Å²) in [5, 5.41) is 2.20. The Morgan fingerprint density at radius 3 is 2.71 bits per heavy atom. The summed E-state index contributed by atoms with van der Waals surface area (Å²) in [6.07, 6.45) is 0.439. The molecule has 1 aliphatic rings. The molecule has 0 spiro atoms. The molecule has 0 aromatic carbocycles. The number of nitrogens with zero attached hydrogens (tertiary/aromatic N) is 1. The fourth-order valence-corrected chi connectivity index (χ4v) is 1.78. The van der Waals surface area contributed by atoms with Crippen LogP contribution in [0.2, 0.25) is 0 Å². The topological polar surface area (TPSA) is 92.5 Å². The van der Waals surface area contributed by atoms with Gasteiger partial charge < -0.3 is 10.6 Å². The van der Waals surface area contributed by atoms with Crippen LogP contribution in [0.1, 0.15) is 20.3 Å². The van der Waals surface area contributed by atoms with Gasteiger partial charge in [-0.3, -0.25) is 19.7 Å². The van der Waals surface area contributed by atoms with Crippen molar-refractivity contribution >= 4 is 34.9 Å². The van der Waals surface area contributed by atoms with Gasteiger partial charge in [0, 0.05) is 0 Å². The van der Waals surface area contributed by atoms with Crippen LogP contribution in [0.15, 0.2) is 0 Å². The lowest BCUT2D eigenvalue weighted by Crippen LogP contribution is -2.61. The van der Waals surface area contributed by atoms with Crippen molar-refractivity contribution in [2.24, 2.45) is 11.7 Å². The van der Waals surface area contributed by atoms with Gasteiger partial charge in [0.25, 0.3) is 0 Å². The summed E-state index contributed by atoms with van der Waals surface area (Å²) in [6.45, 7) is 3.20. The first-order valence-corrected chi connectivity index (χ1v) is 5.72. The van der Waals surface area contributed by atoms with Crippen LogP contribution >= 0.6 is 12.2 Å². The molecule has 1 aliphatic heterocycles. The minimum atomic E-state index is -0.669. The van der Waals surface area contributed by atoms with E-state index in [0.717, 1.165) is 0 Å². The second kappa shape index (κ2) is 5.22. The standard InChI is InChI=1S/C10H15N3O3S/c1-3-6-9(15)12-7(14)4-13(6)10(16)5(2)8(11)17/h5-6H,3-4H2,1-2H3,(H2,11,17)(H,12,14,15). The lowest BCUT2D eigenvalue weighted by atomic mass is 10.0. The van der Waals surface area contributed by atoms with Crippen LogP contribution in [0.3, 0.4) is 0 Å². The average molecular weight is 257 g/mol. The minimum absolute atomic E-state index is 0.0586. The van der Waals surface area contributed by atoms with E-state index >= 15 is 0 Å². The number of amides is 3. The molecule has 0 aromatic rings. The molecule has 0 radical (unpaired) electrons. The lowest BCUT2D eigenvalue weighted by Gasteiger charge is -2.34. The predicted octanol–water partition coefficient (Wildman–Crippen LogP) is -0.828. The molecule has 3 N–H and O–H groups in total. The first-order valence-electron chi connectivity index (χ1n) is 5.32. The number of thiocarbonyl (C=S) groups is 1. The first kappa shape index (κ1) is 13.6. The molecule has 1 saturated heterocycles. The van der Waals surface area contributed by atoms with Gasteiger partial charge in [-0.2, -0.15) is 0 Å². The molecular formula is C10H15N3O3S. The number of nitrogens with two attached hydrogens (primary N) is 1. The maximum absolute atomic E-state index is 12.0. The quantitative estimate of drug-likeness (QED) is 0.508. The fraction of sp³-hybridized carbons (Fsp3) is 0.600. The number of carbonyl (C=O) groups is 3. The van der Waals surface area contributed by atoms with Crippen molar-refractivity contribution in [1.29, 1.82) is 0 Å². The Balaban J connectivity index is 2.92. The van der Waals surface area contributed by atoms with Crippen molar-refractivity contribution in [2.45, 2.75) is 26.3 Å². The van der Waals surface area contributed by atoms with Gasteiger partial charge in [-0.25, -0.2) is 0 Å². The zero-order valence-corrected chi connectivity index (χ0v) is 10.5. The van der Waals surface area contributed by atoms with Crippen molar-refractivity contribution in [1.82, 2.24) is 10.2 Å². The van der Waals surface area contributed by atoms with E-state index in [1.54, 1.807) is 13.8 Å². The monoisotopic (exact) mass is 257 g/mol. The molecule has 1 fully saturated rings. The Kier molecular flexibility index (Phi) is 4.17. The largest absolute Gasteiger partial charge is 0.393 e. The third-order valence-corrected chi connectivity index (χ3v) is 3.08. The number of rotatable bonds is 3. The van der Waals surface area contributed by atoms with Gasteiger partial charge in [-0.05, 0) is 13.3 Å². The van der Waals surface area contributed by atoms with Crippen LogP contribution in [0.5, 0.6) is 0 Å². The third kappa shape index (κ3) is 2.79. The molecule has 0 aromatic heterocycles. The smallest absolute Gasteiger partial charge is 0.249 e. The van der Waals surface area contributed by atoms with Gasteiger partial charge in [-0.1, -0.05) is 19.1 Å². The third-order valence-electron chi connectivity index (χ3n) is 2.72. The van der Waals surface area contributed by atoms with Crippen molar-refractivity contribution in [3.63, 3.8) is 0 Å². The Morgan fingerprint density at radius 2 is 2.24 bits per heavy atom. The van der Waals surface area contributed by atoms with Crippen molar-refractivity contribution in [2.75, 3.05) is 6.54 Å². The molecule has 1 rings (SSSR count). The van der Waals surface area contributed by atoms with E-state index in [4.69, 9.17) is 18.0 Å². The maximum atomic E-state index is 12.0. The van der Waals surface area contributed by atoms with Gasteiger partial charge in [0.2, 0.25) is 17.7 Å². The number of hydrogen-bond acceptors (Lipinski definition) is 4. The summed E-state index contributed by atoms with van der Waals surface area (Å²) >= 11 is 4.74. The number of imide groups is 1. The van der Waals surface area contributed by atoms with Crippen LogP contribution in [0.25, 0.3) is 0 Å². The summed E-state index contributed by atoms with van der Waals surface area (Å²) in [6, 6.07) is -0.628. The van der Waals surface area contributed by atoms with E-state index in [-0.39, 0.29) is 17.4 Å². The predicted molar refractivity (Wildman–Crippen MR) is 64.9 cm³/mol. The molecule has 17 heavy (non-hydrogen) atoms. The van der Waals surface area contributed by atoms with Crippen molar-refractivity contribution in [3.8, 4) is 0 Å². The van der Waals surface area contributed by atoms with Gasteiger partial charge in [0.15, 0.2) is 0 Å². The Bertz CT molecular complexity index is 383. The second-order valence-corrected chi connectivity index (χ2v) is 4.40. The molecular weight excluding hydrogens is 242 g/mol. The molecule has 6 nitrogen and oxygen atoms in total. The molecule has 0 aliphatic carbocycles. The molecule has 2 unspecified atom stereocenters. The van der Waals surface area contributed by atoms with Crippen LogP contribution < -0.4 is 11.1 Å². The summed E-state index contributed by atoms with van der Waals surface area (Å²) in [4.78, 5) is 36.1. The van der Waals surface area contributed by atoms with E-state index in [2.05, 4.69) is 5.32 Å². The summed E-state index contributed by atoms with van der Waals surface area (Å²) in [5.74, 6) is -1.99. The van der Waals surface area contributed by atoms with Gasteiger partial charge in [0.05, 0.1) is 10.9 Å². The summed E-state index contributed by atoms with van der Waals surface area (Å²) in [7, 11) is 0. The van der Waals surface area contributed by atoms with Crippen LogP contribution in [0, 0.1) is 5.92 Å². The van der Waals surface area contributed by atoms with Gasteiger partial charge in [-0.15, -0.1) is 0 Å². The van der Waals surface area contributed by atoms with Crippen LogP contribution in [0.4, 0.5) is 0 Å². The number of piperazine rings is 1. The fourth-order valence-electron chi connectivity index (χ4n) is 1.67. The highest BCUT2D eigenvalue weighted by Gasteiger charge is 2.37. The van der Waals surface area contributed by atoms with E-state index in [9.17, 15) is 14.4 Å². The molecule has 2 atom stereocenters. The summed E-state index contributed by atoms with van der Waals surface area (Å²) in [5.41, 5.74) is 5.40. The first-order chi connectivity index (χ1) is 7.88. The lowest BCUT2D eigenvalue weighted by molar-refractivity contribution is -0.151. The zero-order valence-electron chi connectivity index (χ0n) is 9.73. The van der Waals surface area contributed by atoms with E-state index in [0.29, 0.717) is 6.42 Å². The molecule has 0 bridgehead atoms. The number of hydrogen-bond donors (Lipinski definition) is 2. The Morgan fingerprint density at radius 1 is 1.65 bits per heavy atom. The maximum Gasteiger partial charge on any atom is 0.249 e. The van der Waals surface area contributed by atoms with E-state index in [1.807, 2.05) is 0 Å². The summed E-state index contributed by atoms with van der Waals surface area (Å²) < 4.78 is 0. The van der Waals surface area contributed by atoms with Gasteiger partial charge >= 0.3 is 0 Å². The molecule has 7 heteroatoms. The van der Waals surface area contributed by atoms with Gasteiger partial charge in [0.1, 0.15) is 12.6 Å². The number of nitrogens with one attached hydrogen (secondary N) is 1. The molecule has 3 amide bonds. The van der Waals surface area contributed by atoms with E-state index < -0.39 is 23.8 Å². The normalized spacial score (nSPS) is 22.0. The zero-order chi connectivity index (χ0) is 13.2. The average Bonchev–Trinajstić information content (AvgIpc) is 2.25. The molecule has 94 valence electrons. The Hall–Kier alpha value is -1.50. The molecule has 0 saturated carbocycles. The SMILES string of the molecule is CCC1C(=O)NC(=O)CN1C(=O)C(C)C(N)=S. The second-order valence-electron chi connectivity index (χ2n) is 3.93. The number of carbonyl (C=O) groups excluding carboxylic acids is 3. The van der Waals surface area contributed by atoms with Crippen molar-refractivity contribution < 1.29 is 14.4 Å². The van der Waals surface area contributed by atoms with Crippen LogP contribution in [-0.2, 0) is 14.4 Å². The van der Waals surface area contributed by atoms with Crippen LogP contribution in [-0.4, -0.2) is 40.2 Å². The highest BCUT2D eigenvalue weighted by Crippen LogP contribution is 2.13. The minimum Gasteiger partial charge on any atom is -0.393 e.